The minimum absolute atomic E-state index is 0.0917. The van der Waals surface area contributed by atoms with Crippen molar-refractivity contribution in [2.24, 2.45) is 0 Å². The van der Waals surface area contributed by atoms with Crippen LogP contribution in [0.25, 0.3) is 0 Å². The Labute approximate surface area is 137 Å². The summed E-state index contributed by atoms with van der Waals surface area (Å²) >= 11 is 0. The highest BCUT2D eigenvalue weighted by atomic mass is 16.6. The summed E-state index contributed by atoms with van der Waals surface area (Å²) in [6.07, 6.45) is 4.78. The van der Waals surface area contributed by atoms with Gasteiger partial charge in [0.05, 0.1) is 5.56 Å². The highest BCUT2D eigenvalue weighted by Crippen LogP contribution is 2.35. The molecular weight excluding hydrogens is 292 g/mol. The van der Waals surface area contributed by atoms with E-state index in [0.717, 1.165) is 25.9 Å². The largest absolute Gasteiger partial charge is 0.486 e. The molecule has 23 heavy (non-hydrogen) atoms. The molecule has 4 rings (SSSR count). The molecule has 5 nitrogen and oxygen atoms in total. The molecule has 5 heteroatoms. The van der Waals surface area contributed by atoms with Crippen molar-refractivity contribution in [2.75, 3.05) is 39.4 Å². The topological polar surface area (TPSA) is 42.0 Å². The van der Waals surface area contributed by atoms with Crippen molar-refractivity contribution in [3.8, 4) is 11.5 Å². The van der Waals surface area contributed by atoms with Gasteiger partial charge >= 0.3 is 0 Å². The number of nitrogens with zero attached hydrogens (tertiary/aromatic N) is 2. The Bertz CT molecular complexity index is 584. The average Bonchev–Trinajstić information content (AvgIpc) is 3.26. The van der Waals surface area contributed by atoms with Crippen molar-refractivity contribution >= 4 is 5.91 Å². The number of amides is 1. The lowest BCUT2D eigenvalue weighted by atomic mass is 10.1. The van der Waals surface area contributed by atoms with E-state index in [2.05, 4.69) is 4.90 Å². The molecule has 3 aliphatic rings. The molecule has 0 spiro atoms. The zero-order valence-corrected chi connectivity index (χ0v) is 13.5. The minimum Gasteiger partial charge on any atom is -0.486 e. The molecule has 0 saturated carbocycles. The number of carbonyl (C=O) groups excluding carboxylic acids is 1. The molecule has 1 atom stereocenters. The first-order chi connectivity index (χ1) is 11.3. The van der Waals surface area contributed by atoms with E-state index in [4.69, 9.17) is 9.47 Å². The third kappa shape index (κ3) is 2.90. The lowest BCUT2D eigenvalue weighted by Crippen LogP contribution is -2.42. The molecule has 124 valence electrons. The molecule has 0 aliphatic carbocycles. The van der Waals surface area contributed by atoms with Crippen LogP contribution in [0.5, 0.6) is 11.5 Å². The lowest BCUT2D eigenvalue weighted by Gasteiger charge is -2.29. The zero-order valence-electron chi connectivity index (χ0n) is 13.5. The quantitative estimate of drug-likeness (QED) is 0.857. The fraction of sp³-hybridized carbons (Fsp3) is 0.611. The summed E-state index contributed by atoms with van der Waals surface area (Å²) < 4.78 is 11.3. The summed E-state index contributed by atoms with van der Waals surface area (Å²) in [6, 6.07) is 5.95. The number of carbonyl (C=O) groups is 1. The average molecular weight is 316 g/mol. The number of rotatable bonds is 3. The number of hydrogen-bond acceptors (Lipinski definition) is 4. The van der Waals surface area contributed by atoms with Crippen molar-refractivity contribution in [3.05, 3.63) is 23.8 Å². The van der Waals surface area contributed by atoms with Gasteiger partial charge in [-0.15, -0.1) is 0 Å². The van der Waals surface area contributed by atoms with E-state index in [0.29, 0.717) is 36.3 Å². The lowest BCUT2D eigenvalue weighted by molar-refractivity contribution is 0.0698. The summed E-state index contributed by atoms with van der Waals surface area (Å²) in [4.78, 5) is 17.6. The molecule has 1 aromatic rings. The predicted octanol–water partition coefficient (Wildman–Crippen LogP) is 2.16. The van der Waals surface area contributed by atoms with Crippen LogP contribution in [0, 0.1) is 0 Å². The Morgan fingerprint density at radius 3 is 2.78 bits per heavy atom. The van der Waals surface area contributed by atoms with Gasteiger partial charge in [-0.2, -0.15) is 0 Å². The normalized spacial score (nSPS) is 24.2. The number of fused-ring (bicyclic) bond motifs is 1. The Morgan fingerprint density at radius 1 is 1.09 bits per heavy atom. The second-order valence-electron chi connectivity index (χ2n) is 6.63. The van der Waals surface area contributed by atoms with Crippen molar-refractivity contribution in [1.29, 1.82) is 0 Å². The molecule has 0 radical (unpaired) electrons. The third-order valence-corrected chi connectivity index (χ3v) is 5.10. The SMILES string of the molecule is O=C(c1cccc2c1OCCO2)N1CCC[C@H]1CN1CCCC1. The maximum Gasteiger partial charge on any atom is 0.258 e. The minimum atomic E-state index is 0.0917. The Balaban J connectivity index is 1.53. The highest BCUT2D eigenvalue weighted by Gasteiger charge is 2.33. The van der Waals surface area contributed by atoms with Crippen LogP contribution < -0.4 is 9.47 Å². The van der Waals surface area contributed by atoms with Crippen LogP contribution in [0.1, 0.15) is 36.0 Å². The molecule has 1 amide bonds. The van der Waals surface area contributed by atoms with Crippen LogP contribution in [-0.4, -0.2) is 61.1 Å². The van der Waals surface area contributed by atoms with Gasteiger partial charge in [0, 0.05) is 19.1 Å². The van der Waals surface area contributed by atoms with Gasteiger partial charge in [0.15, 0.2) is 11.5 Å². The van der Waals surface area contributed by atoms with E-state index in [9.17, 15) is 4.79 Å². The molecule has 3 aliphatic heterocycles. The van der Waals surface area contributed by atoms with Crippen molar-refractivity contribution in [3.63, 3.8) is 0 Å². The van der Waals surface area contributed by atoms with Crippen LogP contribution >= 0.6 is 0 Å². The standard InChI is InChI=1S/C18H24N2O3/c21-18(15-6-3-7-16-17(15)23-12-11-22-16)20-10-4-5-14(20)13-19-8-1-2-9-19/h3,6-7,14H,1-2,4-5,8-13H2/t14-/m0/s1. The maximum absolute atomic E-state index is 13.1. The zero-order chi connectivity index (χ0) is 15.6. The Kier molecular flexibility index (Phi) is 4.12. The van der Waals surface area contributed by atoms with Gasteiger partial charge in [-0.05, 0) is 50.9 Å². The summed E-state index contributed by atoms with van der Waals surface area (Å²) in [5.41, 5.74) is 0.649. The van der Waals surface area contributed by atoms with Crippen LogP contribution in [0.4, 0.5) is 0 Å². The van der Waals surface area contributed by atoms with E-state index in [1.54, 1.807) is 0 Å². The second-order valence-corrected chi connectivity index (χ2v) is 6.63. The number of likely N-dealkylation sites (tertiary alicyclic amines) is 2. The van der Waals surface area contributed by atoms with Gasteiger partial charge in [0.25, 0.3) is 5.91 Å². The fourth-order valence-electron chi connectivity index (χ4n) is 3.95. The van der Waals surface area contributed by atoms with Gasteiger partial charge in [0.1, 0.15) is 13.2 Å². The van der Waals surface area contributed by atoms with E-state index < -0.39 is 0 Å². The van der Waals surface area contributed by atoms with Crippen molar-refractivity contribution in [2.45, 2.75) is 31.7 Å². The molecule has 0 bridgehead atoms. The Hall–Kier alpha value is -1.75. The molecule has 0 unspecified atom stereocenters. The van der Waals surface area contributed by atoms with E-state index in [1.165, 1.54) is 25.9 Å². The summed E-state index contributed by atoms with van der Waals surface area (Å²) in [7, 11) is 0. The molecule has 2 saturated heterocycles. The first-order valence-electron chi connectivity index (χ1n) is 8.75. The van der Waals surface area contributed by atoms with Crippen molar-refractivity contribution < 1.29 is 14.3 Å². The summed E-state index contributed by atoms with van der Waals surface area (Å²) in [5.74, 6) is 1.40. The van der Waals surface area contributed by atoms with Crippen LogP contribution in [0.15, 0.2) is 18.2 Å². The Morgan fingerprint density at radius 2 is 1.91 bits per heavy atom. The van der Waals surface area contributed by atoms with Gasteiger partial charge in [-0.1, -0.05) is 6.07 Å². The number of hydrogen-bond donors (Lipinski definition) is 0. The molecule has 3 heterocycles. The molecule has 0 aromatic heterocycles. The fourth-order valence-corrected chi connectivity index (χ4v) is 3.95. The molecule has 1 aromatic carbocycles. The first kappa shape index (κ1) is 14.8. The van der Waals surface area contributed by atoms with Crippen molar-refractivity contribution in [1.82, 2.24) is 9.80 Å². The van der Waals surface area contributed by atoms with Gasteiger partial charge in [0.2, 0.25) is 0 Å². The van der Waals surface area contributed by atoms with E-state index in [1.807, 2.05) is 23.1 Å². The molecule has 0 N–H and O–H groups in total. The number of benzene rings is 1. The number of ether oxygens (including phenoxy) is 2. The van der Waals surface area contributed by atoms with E-state index >= 15 is 0 Å². The third-order valence-electron chi connectivity index (χ3n) is 5.10. The second kappa shape index (κ2) is 6.40. The molecular formula is C18H24N2O3. The maximum atomic E-state index is 13.1. The van der Waals surface area contributed by atoms with Crippen LogP contribution in [0.2, 0.25) is 0 Å². The van der Waals surface area contributed by atoms with Gasteiger partial charge in [-0.3, -0.25) is 4.79 Å². The predicted molar refractivity (Wildman–Crippen MR) is 87.2 cm³/mol. The van der Waals surface area contributed by atoms with Gasteiger partial charge in [-0.25, -0.2) is 0 Å². The summed E-state index contributed by atoms with van der Waals surface area (Å²) in [6.45, 7) is 5.27. The first-order valence-corrected chi connectivity index (χ1v) is 8.75. The highest BCUT2D eigenvalue weighted by molar-refractivity contribution is 5.98. The molecule has 2 fully saturated rings. The summed E-state index contributed by atoms with van der Waals surface area (Å²) in [5, 5.41) is 0. The number of para-hydroxylation sites is 1. The smallest absolute Gasteiger partial charge is 0.258 e. The van der Waals surface area contributed by atoms with E-state index in [-0.39, 0.29) is 5.91 Å². The van der Waals surface area contributed by atoms with Gasteiger partial charge < -0.3 is 19.3 Å². The van der Waals surface area contributed by atoms with Crippen LogP contribution in [-0.2, 0) is 0 Å². The monoisotopic (exact) mass is 316 g/mol. The van der Waals surface area contributed by atoms with Crippen LogP contribution in [0.3, 0.4) is 0 Å².